The zero-order valence-corrected chi connectivity index (χ0v) is 16.3. The smallest absolute Gasteiger partial charge is 0.288 e. The number of para-hydroxylation sites is 1. The molecule has 1 heterocycles. The largest absolute Gasteiger partial charge is 0.487 e. The molecule has 1 N–H and O–H groups in total. The van der Waals surface area contributed by atoms with E-state index in [1.165, 1.54) is 5.56 Å². The Morgan fingerprint density at radius 3 is 2.96 bits per heavy atom. The van der Waals surface area contributed by atoms with Crippen molar-refractivity contribution in [2.24, 2.45) is 5.92 Å². The minimum absolute atomic E-state index is 0.0684. The summed E-state index contributed by atoms with van der Waals surface area (Å²) in [5, 5.41) is 15.1. The standard InChI is InChI=1S/C22H21ClN2O3/c1-13(2)12-28-20-8-4-7-17-15-5-3-6-16(15)21(24-22(17)20)14-9-10-18(23)19(11-14)25(26)27/h3-5,7-11,15-16,21,24H,1,6,12H2,2H3. The van der Waals surface area contributed by atoms with Crippen molar-refractivity contribution in [2.75, 3.05) is 11.9 Å². The monoisotopic (exact) mass is 396 g/mol. The van der Waals surface area contributed by atoms with Crippen LogP contribution in [-0.2, 0) is 0 Å². The number of hydrogen-bond acceptors (Lipinski definition) is 4. The zero-order valence-electron chi connectivity index (χ0n) is 15.5. The van der Waals surface area contributed by atoms with E-state index >= 15 is 0 Å². The summed E-state index contributed by atoms with van der Waals surface area (Å²) in [6.07, 6.45) is 5.32. The number of nitrogens with zero attached hydrogens (tertiary/aromatic N) is 1. The first kappa shape index (κ1) is 18.6. The van der Waals surface area contributed by atoms with E-state index in [-0.39, 0.29) is 28.6 Å². The van der Waals surface area contributed by atoms with Gasteiger partial charge < -0.3 is 10.1 Å². The van der Waals surface area contributed by atoms with Crippen molar-refractivity contribution in [3.63, 3.8) is 0 Å². The molecule has 2 aliphatic rings. The lowest BCUT2D eigenvalue weighted by Crippen LogP contribution is -2.29. The number of allylic oxidation sites excluding steroid dienone is 2. The predicted molar refractivity (Wildman–Crippen MR) is 111 cm³/mol. The van der Waals surface area contributed by atoms with Crippen molar-refractivity contribution in [2.45, 2.75) is 25.3 Å². The third-order valence-electron chi connectivity index (χ3n) is 5.36. The fourth-order valence-corrected chi connectivity index (χ4v) is 4.29. The lowest BCUT2D eigenvalue weighted by Gasteiger charge is -2.38. The third-order valence-corrected chi connectivity index (χ3v) is 5.68. The summed E-state index contributed by atoms with van der Waals surface area (Å²) in [4.78, 5) is 10.9. The molecule has 3 atom stereocenters. The maximum absolute atomic E-state index is 11.3. The molecule has 2 aromatic carbocycles. The summed E-state index contributed by atoms with van der Waals surface area (Å²) in [5.41, 5.74) is 3.87. The van der Waals surface area contributed by atoms with Crippen LogP contribution in [0.2, 0.25) is 5.02 Å². The summed E-state index contributed by atoms with van der Waals surface area (Å²) in [6.45, 7) is 6.27. The molecule has 2 aromatic rings. The van der Waals surface area contributed by atoms with Gasteiger partial charge in [-0.25, -0.2) is 0 Å². The first-order valence-electron chi connectivity index (χ1n) is 9.23. The minimum Gasteiger partial charge on any atom is -0.487 e. The fraction of sp³-hybridized carbons (Fsp3) is 0.273. The molecule has 0 radical (unpaired) electrons. The second-order valence-corrected chi connectivity index (χ2v) is 7.82. The molecule has 0 bridgehead atoms. The van der Waals surface area contributed by atoms with Gasteiger partial charge in [0.1, 0.15) is 17.4 Å². The first-order chi connectivity index (χ1) is 13.5. The number of anilines is 1. The molecule has 0 fully saturated rings. The Morgan fingerprint density at radius 1 is 1.39 bits per heavy atom. The van der Waals surface area contributed by atoms with Crippen molar-refractivity contribution >= 4 is 23.0 Å². The molecule has 5 nitrogen and oxygen atoms in total. The Morgan fingerprint density at radius 2 is 2.21 bits per heavy atom. The van der Waals surface area contributed by atoms with E-state index in [4.69, 9.17) is 16.3 Å². The van der Waals surface area contributed by atoms with Crippen LogP contribution in [0.3, 0.4) is 0 Å². The van der Waals surface area contributed by atoms with Crippen molar-refractivity contribution < 1.29 is 9.66 Å². The number of ether oxygens (including phenoxy) is 1. The Kier molecular flexibility index (Phi) is 4.85. The van der Waals surface area contributed by atoms with Gasteiger partial charge in [0.15, 0.2) is 0 Å². The highest BCUT2D eigenvalue weighted by molar-refractivity contribution is 6.32. The summed E-state index contributed by atoms with van der Waals surface area (Å²) in [6, 6.07) is 11.0. The van der Waals surface area contributed by atoms with Gasteiger partial charge >= 0.3 is 0 Å². The lowest BCUT2D eigenvalue weighted by molar-refractivity contribution is -0.384. The third kappa shape index (κ3) is 3.27. The molecule has 1 aliphatic carbocycles. The van der Waals surface area contributed by atoms with Gasteiger partial charge in [-0.2, -0.15) is 0 Å². The highest BCUT2D eigenvalue weighted by Crippen LogP contribution is 2.52. The molecule has 3 unspecified atom stereocenters. The molecule has 0 aromatic heterocycles. The molecule has 144 valence electrons. The van der Waals surface area contributed by atoms with Crippen LogP contribution in [0.1, 0.15) is 36.4 Å². The van der Waals surface area contributed by atoms with E-state index in [2.05, 4.69) is 30.1 Å². The molecule has 28 heavy (non-hydrogen) atoms. The fourth-order valence-electron chi connectivity index (χ4n) is 4.11. The van der Waals surface area contributed by atoms with Gasteiger partial charge in [0.2, 0.25) is 0 Å². The molecular weight excluding hydrogens is 376 g/mol. The van der Waals surface area contributed by atoms with Crippen LogP contribution in [0, 0.1) is 16.0 Å². The Hall–Kier alpha value is -2.79. The summed E-state index contributed by atoms with van der Waals surface area (Å²) >= 11 is 6.02. The normalized spacial score (nSPS) is 22.1. The van der Waals surface area contributed by atoms with Gasteiger partial charge in [-0.05, 0) is 48.1 Å². The van der Waals surface area contributed by atoms with Crippen LogP contribution >= 0.6 is 11.6 Å². The zero-order chi connectivity index (χ0) is 19.8. The van der Waals surface area contributed by atoms with E-state index in [0.29, 0.717) is 6.61 Å². The van der Waals surface area contributed by atoms with Crippen LogP contribution in [-0.4, -0.2) is 11.5 Å². The number of benzene rings is 2. The van der Waals surface area contributed by atoms with Gasteiger partial charge in [0.05, 0.1) is 16.7 Å². The van der Waals surface area contributed by atoms with Crippen molar-refractivity contribution in [1.29, 1.82) is 0 Å². The molecule has 0 saturated heterocycles. The van der Waals surface area contributed by atoms with Crippen molar-refractivity contribution in [3.8, 4) is 5.75 Å². The molecule has 6 heteroatoms. The first-order valence-corrected chi connectivity index (χ1v) is 9.60. The second-order valence-electron chi connectivity index (χ2n) is 7.41. The van der Waals surface area contributed by atoms with Crippen LogP contribution in [0.4, 0.5) is 11.4 Å². The van der Waals surface area contributed by atoms with E-state index < -0.39 is 4.92 Å². The Bertz CT molecular complexity index is 986. The summed E-state index contributed by atoms with van der Waals surface area (Å²) in [7, 11) is 0. The predicted octanol–water partition coefficient (Wildman–Crippen LogP) is 6.03. The average Bonchev–Trinajstić information content (AvgIpc) is 3.16. The lowest BCUT2D eigenvalue weighted by atomic mass is 9.77. The van der Waals surface area contributed by atoms with E-state index in [1.807, 2.05) is 25.1 Å². The van der Waals surface area contributed by atoms with Crippen molar-refractivity contribution in [3.05, 3.63) is 87.0 Å². The average molecular weight is 397 g/mol. The van der Waals surface area contributed by atoms with E-state index in [9.17, 15) is 10.1 Å². The molecule has 0 saturated carbocycles. The van der Waals surface area contributed by atoms with E-state index in [1.54, 1.807) is 12.1 Å². The van der Waals surface area contributed by atoms with Gasteiger partial charge in [0, 0.05) is 12.0 Å². The summed E-state index contributed by atoms with van der Waals surface area (Å²) in [5.74, 6) is 1.29. The highest BCUT2D eigenvalue weighted by atomic mass is 35.5. The maximum atomic E-state index is 11.3. The number of nitrogens with one attached hydrogen (secondary N) is 1. The number of nitro benzene ring substituents is 1. The van der Waals surface area contributed by atoms with Crippen molar-refractivity contribution in [1.82, 2.24) is 0 Å². The van der Waals surface area contributed by atoms with E-state index in [0.717, 1.165) is 29.0 Å². The van der Waals surface area contributed by atoms with Gasteiger partial charge in [-0.1, -0.05) is 48.5 Å². The quantitative estimate of drug-likeness (QED) is 0.380. The topological polar surface area (TPSA) is 64.4 Å². The molecular formula is C22H21ClN2O3. The minimum atomic E-state index is -0.436. The van der Waals surface area contributed by atoms with Gasteiger partial charge in [-0.3, -0.25) is 10.1 Å². The van der Waals surface area contributed by atoms with Gasteiger partial charge in [0.25, 0.3) is 5.69 Å². The second kappa shape index (κ2) is 7.32. The summed E-state index contributed by atoms with van der Waals surface area (Å²) < 4.78 is 5.96. The molecule has 0 spiro atoms. The molecule has 1 aliphatic heterocycles. The van der Waals surface area contributed by atoms with Crippen LogP contribution in [0.15, 0.2) is 60.7 Å². The van der Waals surface area contributed by atoms with Gasteiger partial charge in [-0.15, -0.1) is 0 Å². The van der Waals surface area contributed by atoms with Crippen LogP contribution in [0.5, 0.6) is 5.75 Å². The Labute approximate surface area is 168 Å². The number of halogens is 1. The highest BCUT2D eigenvalue weighted by Gasteiger charge is 2.39. The Balaban J connectivity index is 1.76. The number of rotatable bonds is 5. The SMILES string of the molecule is C=C(C)COc1cccc2c1NC(c1ccc(Cl)c([N+](=O)[O-])c1)C1CC=CC21. The van der Waals surface area contributed by atoms with Crippen LogP contribution in [0.25, 0.3) is 0 Å². The molecule has 0 amide bonds. The number of hydrogen-bond donors (Lipinski definition) is 1. The number of fused-ring (bicyclic) bond motifs is 3. The molecule has 4 rings (SSSR count). The number of nitro groups is 1. The van der Waals surface area contributed by atoms with Crippen LogP contribution < -0.4 is 10.1 Å². The maximum Gasteiger partial charge on any atom is 0.288 e.